The Morgan fingerprint density at radius 3 is 3.13 bits per heavy atom. The van der Waals surface area contributed by atoms with Crippen LogP contribution in [-0.2, 0) is 6.54 Å². The minimum atomic E-state index is 0.706. The lowest BCUT2D eigenvalue weighted by atomic mass is 10.1. The molecule has 0 aromatic carbocycles. The molecule has 4 heteroatoms. The van der Waals surface area contributed by atoms with Gasteiger partial charge in [-0.1, -0.05) is 0 Å². The Labute approximate surface area is 104 Å². The molecule has 84 valence electrons. The zero-order chi connectivity index (χ0) is 10.7. The number of likely N-dealkylation sites (N-methyl/N-ethyl adjacent to an activating group) is 1. The summed E-state index contributed by atoms with van der Waals surface area (Å²) in [6.45, 7) is 3.39. The van der Waals surface area contributed by atoms with Crippen LogP contribution < -0.4 is 5.32 Å². The first-order valence-corrected chi connectivity index (χ1v) is 7.07. The maximum atomic E-state index is 3.51. The van der Waals surface area contributed by atoms with Crippen molar-refractivity contribution in [1.29, 1.82) is 0 Å². The zero-order valence-corrected chi connectivity index (χ0v) is 11.4. The first-order chi connectivity index (χ1) is 7.25. The van der Waals surface area contributed by atoms with Crippen molar-refractivity contribution in [2.75, 3.05) is 20.1 Å². The molecule has 1 aromatic heterocycles. The Balaban J connectivity index is 1.88. The predicted octanol–water partition coefficient (Wildman–Crippen LogP) is 2.69. The molecule has 1 atom stereocenters. The van der Waals surface area contributed by atoms with Crippen LogP contribution in [0.1, 0.15) is 18.4 Å². The monoisotopic (exact) mass is 288 g/mol. The standard InChI is InChI=1S/C11H17BrN2S/c1-14(10-3-2-4-13-6-10)7-9-5-11(12)15-8-9/h5,8,10,13H,2-4,6-7H2,1H3. The van der Waals surface area contributed by atoms with E-state index >= 15 is 0 Å². The summed E-state index contributed by atoms with van der Waals surface area (Å²) in [5, 5.41) is 5.69. The van der Waals surface area contributed by atoms with Crippen molar-refractivity contribution in [1.82, 2.24) is 10.2 Å². The second-order valence-corrected chi connectivity index (χ2v) is 6.46. The van der Waals surface area contributed by atoms with Gasteiger partial charge in [0.2, 0.25) is 0 Å². The smallest absolute Gasteiger partial charge is 0.0701 e. The third-order valence-corrected chi connectivity index (χ3v) is 4.50. The molecule has 0 saturated carbocycles. The van der Waals surface area contributed by atoms with E-state index in [9.17, 15) is 0 Å². The van der Waals surface area contributed by atoms with Crippen molar-refractivity contribution in [2.45, 2.75) is 25.4 Å². The Kier molecular flexibility index (Phi) is 4.20. The minimum absolute atomic E-state index is 0.706. The maximum Gasteiger partial charge on any atom is 0.0701 e. The number of hydrogen-bond acceptors (Lipinski definition) is 3. The number of halogens is 1. The van der Waals surface area contributed by atoms with Crippen LogP contribution >= 0.6 is 27.3 Å². The summed E-state index contributed by atoms with van der Waals surface area (Å²) in [7, 11) is 2.23. The van der Waals surface area contributed by atoms with Crippen LogP contribution in [0, 0.1) is 0 Å². The largest absolute Gasteiger partial charge is 0.315 e. The van der Waals surface area contributed by atoms with Crippen LogP contribution in [0.25, 0.3) is 0 Å². The summed E-state index contributed by atoms with van der Waals surface area (Å²) in [5.74, 6) is 0. The van der Waals surface area contributed by atoms with E-state index in [-0.39, 0.29) is 0 Å². The molecule has 1 aliphatic rings. The third-order valence-electron chi connectivity index (χ3n) is 2.95. The molecule has 0 amide bonds. The van der Waals surface area contributed by atoms with Crippen molar-refractivity contribution in [3.63, 3.8) is 0 Å². The molecule has 1 saturated heterocycles. The van der Waals surface area contributed by atoms with Gasteiger partial charge in [0.1, 0.15) is 0 Å². The van der Waals surface area contributed by atoms with E-state index in [2.05, 4.69) is 44.6 Å². The minimum Gasteiger partial charge on any atom is -0.315 e. The molecule has 1 fully saturated rings. The highest BCUT2D eigenvalue weighted by Crippen LogP contribution is 2.22. The van der Waals surface area contributed by atoms with Crippen LogP contribution in [0.3, 0.4) is 0 Å². The van der Waals surface area contributed by atoms with Crippen molar-refractivity contribution in [3.05, 3.63) is 20.8 Å². The second kappa shape index (κ2) is 5.43. The van der Waals surface area contributed by atoms with Gasteiger partial charge in [0.25, 0.3) is 0 Å². The van der Waals surface area contributed by atoms with Crippen molar-refractivity contribution >= 4 is 27.3 Å². The summed E-state index contributed by atoms with van der Waals surface area (Å²) in [4.78, 5) is 2.46. The van der Waals surface area contributed by atoms with Gasteiger partial charge in [-0.3, -0.25) is 4.90 Å². The average molecular weight is 289 g/mol. The molecular weight excluding hydrogens is 272 g/mol. The maximum absolute atomic E-state index is 3.51. The third kappa shape index (κ3) is 3.28. The first-order valence-electron chi connectivity index (χ1n) is 5.39. The molecule has 1 aromatic rings. The number of nitrogens with zero attached hydrogens (tertiary/aromatic N) is 1. The normalized spacial score (nSPS) is 22.2. The van der Waals surface area contributed by atoms with E-state index < -0.39 is 0 Å². The van der Waals surface area contributed by atoms with E-state index in [1.54, 1.807) is 11.3 Å². The Morgan fingerprint density at radius 2 is 2.53 bits per heavy atom. The van der Waals surface area contributed by atoms with Crippen LogP contribution in [0.4, 0.5) is 0 Å². The van der Waals surface area contributed by atoms with Gasteiger partial charge < -0.3 is 5.32 Å². The van der Waals surface area contributed by atoms with Gasteiger partial charge in [-0.05, 0) is 59.4 Å². The topological polar surface area (TPSA) is 15.3 Å². The van der Waals surface area contributed by atoms with Crippen LogP contribution in [-0.4, -0.2) is 31.1 Å². The molecule has 1 N–H and O–H groups in total. The van der Waals surface area contributed by atoms with Crippen molar-refractivity contribution < 1.29 is 0 Å². The molecule has 1 unspecified atom stereocenters. The molecule has 2 heterocycles. The SMILES string of the molecule is CN(Cc1csc(Br)c1)C1CCCNC1. The number of piperidine rings is 1. The van der Waals surface area contributed by atoms with Gasteiger partial charge >= 0.3 is 0 Å². The van der Waals surface area contributed by atoms with Crippen LogP contribution in [0.15, 0.2) is 15.2 Å². The highest BCUT2D eigenvalue weighted by Gasteiger charge is 2.17. The lowest BCUT2D eigenvalue weighted by Crippen LogP contribution is -2.43. The molecule has 15 heavy (non-hydrogen) atoms. The van der Waals surface area contributed by atoms with Crippen LogP contribution in [0.2, 0.25) is 0 Å². The van der Waals surface area contributed by atoms with Crippen molar-refractivity contribution in [2.24, 2.45) is 0 Å². The molecular formula is C11H17BrN2S. The molecule has 2 nitrogen and oxygen atoms in total. The fourth-order valence-corrected chi connectivity index (χ4v) is 3.26. The van der Waals surface area contributed by atoms with Gasteiger partial charge in [-0.15, -0.1) is 11.3 Å². The van der Waals surface area contributed by atoms with E-state index in [4.69, 9.17) is 0 Å². The van der Waals surface area contributed by atoms with Gasteiger partial charge in [0.05, 0.1) is 3.79 Å². The van der Waals surface area contributed by atoms with Gasteiger partial charge in [0.15, 0.2) is 0 Å². The number of rotatable bonds is 3. The summed E-state index contributed by atoms with van der Waals surface area (Å²) in [5.41, 5.74) is 1.42. The molecule has 1 aliphatic heterocycles. The fraction of sp³-hybridized carbons (Fsp3) is 0.636. The molecule has 2 rings (SSSR count). The second-order valence-electron chi connectivity index (χ2n) is 4.17. The van der Waals surface area contributed by atoms with E-state index in [0.29, 0.717) is 6.04 Å². The lowest BCUT2D eigenvalue weighted by Gasteiger charge is -2.31. The fourth-order valence-electron chi connectivity index (χ4n) is 2.06. The molecule has 0 radical (unpaired) electrons. The lowest BCUT2D eigenvalue weighted by molar-refractivity contribution is 0.196. The number of nitrogens with one attached hydrogen (secondary N) is 1. The van der Waals surface area contributed by atoms with Gasteiger partial charge in [-0.25, -0.2) is 0 Å². The summed E-state index contributed by atoms with van der Waals surface area (Å²) < 4.78 is 1.23. The van der Waals surface area contributed by atoms with Gasteiger partial charge in [0, 0.05) is 19.1 Å². The molecule has 0 aliphatic carbocycles. The molecule has 0 bridgehead atoms. The quantitative estimate of drug-likeness (QED) is 0.920. The number of hydrogen-bond donors (Lipinski definition) is 1. The van der Waals surface area contributed by atoms with Gasteiger partial charge in [-0.2, -0.15) is 0 Å². The summed E-state index contributed by atoms with van der Waals surface area (Å²) >= 11 is 5.27. The summed E-state index contributed by atoms with van der Waals surface area (Å²) in [6.07, 6.45) is 2.64. The highest BCUT2D eigenvalue weighted by molar-refractivity contribution is 9.11. The van der Waals surface area contributed by atoms with Crippen LogP contribution in [0.5, 0.6) is 0 Å². The Morgan fingerprint density at radius 1 is 1.67 bits per heavy atom. The Bertz CT molecular complexity index is 307. The number of thiophene rings is 1. The van der Waals surface area contributed by atoms with E-state index in [1.807, 2.05) is 0 Å². The summed E-state index contributed by atoms with van der Waals surface area (Å²) in [6, 6.07) is 2.93. The first kappa shape index (κ1) is 11.6. The van der Waals surface area contributed by atoms with E-state index in [0.717, 1.165) is 13.1 Å². The zero-order valence-electron chi connectivity index (χ0n) is 9.00. The Hall–Kier alpha value is 0.1000. The van der Waals surface area contributed by atoms with Crippen molar-refractivity contribution in [3.8, 4) is 0 Å². The molecule has 0 spiro atoms. The average Bonchev–Trinajstić information content (AvgIpc) is 2.65. The predicted molar refractivity (Wildman–Crippen MR) is 69.4 cm³/mol. The van der Waals surface area contributed by atoms with E-state index in [1.165, 1.54) is 28.7 Å². The highest BCUT2D eigenvalue weighted by atomic mass is 79.9.